The van der Waals surface area contributed by atoms with Crippen LogP contribution in [0.1, 0.15) is 35.7 Å². The lowest BCUT2D eigenvalue weighted by atomic mass is 9.94. The summed E-state index contributed by atoms with van der Waals surface area (Å²) < 4.78 is 27.6. The molecule has 1 unspecified atom stereocenters. The van der Waals surface area contributed by atoms with Crippen molar-refractivity contribution in [1.29, 1.82) is 0 Å². The third kappa shape index (κ3) is 2.76. The average Bonchev–Trinajstić information content (AvgIpc) is 2.33. The van der Waals surface area contributed by atoms with E-state index in [1.54, 1.807) is 6.92 Å². The summed E-state index contributed by atoms with van der Waals surface area (Å²) in [5.74, 6) is -2.38. The van der Waals surface area contributed by atoms with Crippen molar-refractivity contribution in [3.05, 3.63) is 34.9 Å². The van der Waals surface area contributed by atoms with Crippen molar-refractivity contribution in [3.63, 3.8) is 0 Å². The topological polar surface area (TPSA) is 40.5 Å². The molecular weight excluding hydrogens is 252 g/mol. The van der Waals surface area contributed by atoms with Gasteiger partial charge in [-0.05, 0) is 38.3 Å². The monoisotopic (exact) mass is 269 g/mol. The van der Waals surface area contributed by atoms with Gasteiger partial charge in [0.2, 0.25) is 0 Å². The summed E-state index contributed by atoms with van der Waals surface area (Å²) in [5, 5.41) is 9.95. The molecule has 2 rings (SSSR count). The number of likely N-dealkylation sites (tertiary alicyclic amines) is 1. The van der Waals surface area contributed by atoms with Crippen molar-refractivity contribution in [3.8, 4) is 0 Å². The first-order chi connectivity index (χ1) is 8.82. The third-order valence-corrected chi connectivity index (χ3v) is 3.46. The van der Waals surface area contributed by atoms with E-state index in [1.807, 2.05) is 0 Å². The van der Waals surface area contributed by atoms with Gasteiger partial charge in [-0.3, -0.25) is 4.79 Å². The summed E-state index contributed by atoms with van der Waals surface area (Å²) in [6.45, 7) is 3.60. The Balaban J connectivity index is 2.32. The molecule has 0 spiro atoms. The number of nitrogens with zero attached hydrogens (tertiary/aromatic N) is 1. The van der Waals surface area contributed by atoms with Crippen LogP contribution < -0.4 is 0 Å². The first-order valence-electron chi connectivity index (χ1n) is 6.28. The third-order valence-electron chi connectivity index (χ3n) is 3.46. The van der Waals surface area contributed by atoms with Crippen LogP contribution in [0.4, 0.5) is 8.78 Å². The molecule has 0 saturated carbocycles. The second kappa shape index (κ2) is 4.89. The molecule has 5 heteroatoms. The molecule has 104 valence electrons. The molecule has 0 aromatic heterocycles. The maximum Gasteiger partial charge on any atom is 0.259 e. The lowest BCUT2D eigenvalue weighted by molar-refractivity contribution is -0.0110. The molecule has 3 nitrogen and oxygen atoms in total. The number of hydrogen-bond donors (Lipinski definition) is 1. The number of β-amino-alcohol motifs (C(OH)–C–C–N with tert-alkyl or cyclic N) is 1. The molecule has 1 atom stereocenters. The zero-order valence-electron chi connectivity index (χ0n) is 11.0. The molecule has 1 aliphatic rings. The van der Waals surface area contributed by atoms with Gasteiger partial charge in [-0.2, -0.15) is 0 Å². The minimum absolute atomic E-state index is 0.0959. The number of hydrogen-bond acceptors (Lipinski definition) is 2. The van der Waals surface area contributed by atoms with Gasteiger partial charge in [0.15, 0.2) is 0 Å². The molecule has 1 N–H and O–H groups in total. The molecule has 1 saturated heterocycles. The lowest BCUT2D eigenvalue weighted by Gasteiger charge is -2.37. The highest BCUT2D eigenvalue weighted by Gasteiger charge is 2.33. The van der Waals surface area contributed by atoms with Crippen molar-refractivity contribution >= 4 is 5.91 Å². The minimum atomic E-state index is -0.995. The molecule has 1 aromatic carbocycles. The molecule has 1 amide bonds. The van der Waals surface area contributed by atoms with E-state index in [2.05, 4.69) is 0 Å². The zero-order chi connectivity index (χ0) is 14.2. The number of carbonyl (C=O) groups excluding carboxylic acids is 1. The lowest BCUT2D eigenvalue weighted by Crippen LogP contribution is -2.49. The number of carbonyl (C=O) groups is 1. The summed E-state index contributed by atoms with van der Waals surface area (Å²) in [4.78, 5) is 13.5. The molecule has 0 radical (unpaired) electrons. The molecule has 1 aliphatic heterocycles. The molecule has 0 bridgehead atoms. The second-order valence-electron chi connectivity index (χ2n) is 5.38. The van der Waals surface area contributed by atoms with E-state index in [0.717, 1.165) is 6.07 Å². The maximum atomic E-state index is 13.9. The first-order valence-corrected chi connectivity index (χ1v) is 6.28. The Morgan fingerprint density at radius 3 is 2.74 bits per heavy atom. The van der Waals surface area contributed by atoms with Crippen LogP contribution in [0.3, 0.4) is 0 Å². The highest BCUT2D eigenvalue weighted by molar-refractivity contribution is 5.95. The fourth-order valence-corrected chi connectivity index (χ4v) is 2.40. The molecule has 19 heavy (non-hydrogen) atoms. The Morgan fingerprint density at radius 2 is 2.11 bits per heavy atom. The van der Waals surface area contributed by atoms with Crippen molar-refractivity contribution < 1.29 is 18.7 Å². The van der Waals surface area contributed by atoms with E-state index in [1.165, 1.54) is 17.9 Å². The van der Waals surface area contributed by atoms with Crippen LogP contribution in [0.5, 0.6) is 0 Å². The van der Waals surface area contributed by atoms with E-state index >= 15 is 0 Å². The van der Waals surface area contributed by atoms with Crippen LogP contribution >= 0.6 is 0 Å². The molecule has 1 heterocycles. The Hall–Kier alpha value is -1.49. The van der Waals surface area contributed by atoms with E-state index in [4.69, 9.17) is 0 Å². The number of piperidine rings is 1. The summed E-state index contributed by atoms with van der Waals surface area (Å²) in [5.41, 5.74) is -1.30. The fraction of sp³-hybridized carbons (Fsp3) is 0.500. The summed E-state index contributed by atoms with van der Waals surface area (Å²) in [7, 11) is 0. The van der Waals surface area contributed by atoms with Crippen molar-refractivity contribution in [2.75, 3.05) is 13.1 Å². The number of benzene rings is 1. The van der Waals surface area contributed by atoms with Crippen molar-refractivity contribution in [1.82, 2.24) is 4.90 Å². The smallest absolute Gasteiger partial charge is 0.259 e. The Bertz CT molecular complexity index is 514. The quantitative estimate of drug-likeness (QED) is 0.849. The Kier molecular flexibility index (Phi) is 3.58. The van der Waals surface area contributed by atoms with E-state index < -0.39 is 28.7 Å². The molecule has 0 aliphatic carbocycles. The highest BCUT2D eigenvalue weighted by Crippen LogP contribution is 2.24. The second-order valence-corrected chi connectivity index (χ2v) is 5.38. The zero-order valence-corrected chi connectivity index (χ0v) is 11.0. The average molecular weight is 269 g/mol. The van der Waals surface area contributed by atoms with Gasteiger partial charge < -0.3 is 10.0 Å². The van der Waals surface area contributed by atoms with Crippen molar-refractivity contribution in [2.24, 2.45) is 0 Å². The van der Waals surface area contributed by atoms with Crippen LogP contribution in [0.25, 0.3) is 0 Å². The molecule has 1 fully saturated rings. The minimum Gasteiger partial charge on any atom is -0.388 e. The van der Waals surface area contributed by atoms with Crippen LogP contribution in [0, 0.1) is 18.6 Å². The summed E-state index contributed by atoms with van der Waals surface area (Å²) >= 11 is 0. The predicted octanol–water partition coefficient (Wildman–Crippen LogP) is 2.26. The predicted molar refractivity (Wildman–Crippen MR) is 66.9 cm³/mol. The van der Waals surface area contributed by atoms with E-state index in [9.17, 15) is 18.7 Å². The van der Waals surface area contributed by atoms with Gasteiger partial charge in [0, 0.05) is 13.1 Å². The van der Waals surface area contributed by atoms with E-state index in [-0.39, 0.29) is 12.1 Å². The van der Waals surface area contributed by atoms with Crippen LogP contribution in [0.2, 0.25) is 0 Å². The molecule has 1 aromatic rings. The molecular formula is C14H17F2NO2. The van der Waals surface area contributed by atoms with E-state index in [0.29, 0.717) is 19.4 Å². The van der Waals surface area contributed by atoms with Gasteiger partial charge in [-0.1, -0.05) is 6.07 Å². The van der Waals surface area contributed by atoms with Crippen molar-refractivity contribution in [2.45, 2.75) is 32.3 Å². The number of aryl methyl sites for hydroxylation is 1. The fourth-order valence-electron chi connectivity index (χ4n) is 2.40. The number of rotatable bonds is 1. The van der Waals surface area contributed by atoms with Crippen LogP contribution in [-0.2, 0) is 0 Å². The van der Waals surface area contributed by atoms with Crippen LogP contribution in [-0.4, -0.2) is 34.6 Å². The van der Waals surface area contributed by atoms with Gasteiger partial charge in [0.1, 0.15) is 17.2 Å². The van der Waals surface area contributed by atoms with Gasteiger partial charge >= 0.3 is 0 Å². The number of amides is 1. The van der Waals surface area contributed by atoms with Gasteiger partial charge in [-0.15, -0.1) is 0 Å². The normalized spacial score (nSPS) is 23.5. The Morgan fingerprint density at radius 1 is 1.42 bits per heavy atom. The van der Waals surface area contributed by atoms with Crippen LogP contribution in [0.15, 0.2) is 12.1 Å². The van der Waals surface area contributed by atoms with Gasteiger partial charge in [0.05, 0.1) is 5.60 Å². The summed E-state index contributed by atoms with van der Waals surface area (Å²) in [6.07, 6.45) is 1.20. The summed E-state index contributed by atoms with van der Waals surface area (Å²) in [6, 6.07) is 2.39. The maximum absolute atomic E-state index is 13.9. The Labute approximate surface area is 110 Å². The SMILES string of the molecule is Cc1ccc(F)c(C(=O)N2CCCC(C)(O)C2)c1F. The number of aliphatic hydroxyl groups is 1. The van der Waals surface area contributed by atoms with Gasteiger partial charge in [0.25, 0.3) is 5.91 Å². The van der Waals surface area contributed by atoms with Gasteiger partial charge in [-0.25, -0.2) is 8.78 Å². The standard InChI is InChI=1S/C14H17F2NO2/c1-9-4-5-10(15)11(12(9)16)13(18)17-7-3-6-14(2,19)8-17/h4-5,19H,3,6-8H2,1-2H3. The number of halogens is 2. The largest absolute Gasteiger partial charge is 0.388 e. The highest BCUT2D eigenvalue weighted by atomic mass is 19.1. The first kappa shape index (κ1) is 13.9.